The van der Waals surface area contributed by atoms with E-state index in [2.05, 4.69) is 10.2 Å². The maximum atomic E-state index is 6.26. The molecule has 0 radical (unpaired) electrons. The Labute approximate surface area is 141 Å². The molecule has 3 nitrogen and oxygen atoms in total. The lowest BCUT2D eigenvalue weighted by Crippen LogP contribution is -1.99. The Morgan fingerprint density at radius 3 is 2.52 bits per heavy atom. The Balaban J connectivity index is 2.30. The summed E-state index contributed by atoms with van der Waals surface area (Å²) < 4.78 is 2.12. The van der Waals surface area contributed by atoms with Crippen LogP contribution in [0.2, 0.25) is 15.1 Å². The third-order valence-corrected chi connectivity index (χ3v) is 4.09. The summed E-state index contributed by atoms with van der Waals surface area (Å²) >= 11 is 23.9. The van der Waals surface area contributed by atoms with Crippen molar-refractivity contribution in [3.63, 3.8) is 0 Å². The highest BCUT2D eigenvalue weighted by Crippen LogP contribution is 2.31. The normalized spacial score (nSPS) is 10.8. The van der Waals surface area contributed by atoms with Crippen molar-refractivity contribution in [1.82, 2.24) is 14.8 Å². The highest BCUT2D eigenvalue weighted by atomic mass is 35.5. The second-order valence-corrected chi connectivity index (χ2v) is 5.90. The average Bonchev–Trinajstić information content (AvgIpc) is 2.84. The number of benzene rings is 2. The maximum absolute atomic E-state index is 6.26. The van der Waals surface area contributed by atoms with E-state index < -0.39 is 0 Å². The lowest BCUT2D eigenvalue weighted by molar-refractivity contribution is 1.04. The third-order valence-electron chi connectivity index (χ3n) is 2.94. The van der Waals surface area contributed by atoms with Crippen LogP contribution in [0.25, 0.3) is 17.1 Å². The van der Waals surface area contributed by atoms with E-state index in [-0.39, 0.29) is 0 Å². The first-order chi connectivity index (χ1) is 10.1. The van der Waals surface area contributed by atoms with Gasteiger partial charge in [0.15, 0.2) is 10.6 Å². The predicted molar refractivity (Wildman–Crippen MR) is 89.2 cm³/mol. The first kappa shape index (κ1) is 14.6. The van der Waals surface area contributed by atoms with Gasteiger partial charge in [0.25, 0.3) is 0 Å². The van der Waals surface area contributed by atoms with Gasteiger partial charge in [-0.1, -0.05) is 46.9 Å². The van der Waals surface area contributed by atoms with Crippen molar-refractivity contribution < 1.29 is 0 Å². The second-order valence-electron chi connectivity index (χ2n) is 4.26. The molecule has 0 fully saturated rings. The summed E-state index contributed by atoms with van der Waals surface area (Å²) in [4.78, 5) is 0. The largest absolute Gasteiger partial charge is 0.267 e. The molecule has 0 spiro atoms. The number of nitrogens with zero attached hydrogens (tertiary/aromatic N) is 2. The zero-order valence-corrected chi connectivity index (χ0v) is 13.6. The van der Waals surface area contributed by atoms with Gasteiger partial charge >= 0.3 is 0 Å². The zero-order valence-electron chi connectivity index (χ0n) is 10.5. The lowest BCUT2D eigenvalue weighted by atomic mass is 10.2. The maximum Gasteiger partial charge on any atom is 0.200 e. The van der Waals surface area contributed by atoms with Gasteiger partial charge in [-0.3, -0.25) is 9.67 Å². The Morgan fingerprint density at radius 2 is 1.76 bits per heavy atom. The number of aromatic amines is 1. The quantitative estimate of drug-likeness (QED) is 0.610. The molecule has 21 heavy (non-hydrogen) atoms. The minimum atomic E-state index is 0.411. The van der Waals surface area contributed by atoms with Gasteiger partial charge in [-0.05, 0) is 42.5 Å². The van der Waals surface area contributed by atoms with Gasteiger partial charge in [-0.25, -0.2) is 0 Å². The van der Waals surface area contributed by atoms with Crippen LogP contribution in [0, 0.1) is 4.77 Å². The molecule has 3 aromatic rings. The topological polar surface area (TPSA) is 33.6 Å². The van der Waals surface area contributed by atoms with Crippen molar-refractivity contribution in [2.24, 2.45) is 0 Å². The van der Waals surface area contributed by atoms with Crippen LogP contribution in [0.1, 0.15) is 0 Å². The first-order valence-electron chi connectivity index (χ1n) is 5.95. The molecule has 0 saturated heterocycles. The fourth-order valence-corrected chi connectivity index (χ4v) is 2.82. The number of nitrogens with one attached hydrogen (secondary N) is 1. The van der Waals surface area contributed by atoms with Gasteiger partial charge in [0.1, 0.15) is 0 Å². The van der Waals surface area contributed by atoms with Gasteiger partial charge in [0, 0.05) is 10.6 Å². The lowest BCUT2D eigenvalue weighted by Gasteiger charge is -2.10. The summed E-state index contributed by atoms with van der Waals surface area (Å²) in [5, 5.41) is 8.67. The van der Waals surface area contributed by atoms with Crippen molar-refractivity contribution in [1.29, 1.82) is 0 Å². The van der Waals surface area contributed by atoms with Gasteiger partial charge in [0.05, 0.1) is 15.7 Å². The van der Waals surface area contributed by atoms with Crippen molar-refractivity contribution in [2.75, 3.05) is 0 Å². The number of H-pyrrole nitrogens is 1. The minimum Gasteiger partial charge on any atom is -0.267 e. The average molecular weight is 357 g/mol. The molecule has 1 aromatic heterocycles. The molecule has 0 atom stereocenters. The van der Waals surface area contributed by atoms with Crippen LogP contribution in [0.5, 0.6) is 0 Å². The molecule has 106 valence electrons. The molecule has 0 aliphatic carbocycles. The van der Waals surface area contributed by atoms with Crippen molar-refractivity contribution in [3.8, 4) is 17.1 Å². The van der Waals surface area contributed by atoms with Crippen LogP contribution in [-0.4, -0.2) is 14.8 Å². The van der Waals surface area contributed by atoms with Crippen LogP contribution in [-0.2, 0) is 0 Å². The van der Waals surface area contributed by atoms with E-state index in [1.807, 2.05) is 18.2 Å². The summed E-state index contributed by atoms with van der Waals surface area (Å²) in [6.45, 7) is 0. The monoisotopic (exact) mass is 355 g/mol. The van der Waals surface area contributed by atoms with Gasteiger partial charge in [0.2, 0.25) is 0 Å². The van der Waals surface area contributed by atoms with E-state index >= 15 is 0 Å². The van der Waals surface area contributed by atoms with Crippen LogP contribution >= 0.6 is 47.0 Å². The number of halogens is 3. The number of aromatic nitrogens is 3. The molecule has 7 heteroatoms. The molecule has 3 rings (SSSR count). The van der Waals surface area contributed by atoms with Gasteiger partial charge < -0.3 is 0 Å². The van der Waals surface area contributed by atoms with Crippen LogP contribution in [0.15, 0.2) is 42.5 Å². The van der Waals surface area contributed by atoms with E-state index in [1.54, 1.807) is 28.8 Å². The predicted octanol–water partition coefficient (Wildman–Crippen LogP) is 5.56. The van der Waals surface area contributed by atoms with Gasteiger partial charge in [-0.2, -0.15) is 5.10 Å². The highest BCUT2D eigenvalue weighted by molar-refractivity contribution is 7.71. The highest BCUT2D eigenvalue weighted by Gasteiger charge is 2.15. The molecule has 0 aliphatic rings. The fraction of sp³-hybridized carbons (Fsp3) is 0. The van der Waals surface area contributed by atoms with Crippen molar-refractivity contribution in [3.05, 3.63) is 62.3 Å². The number of hydrogen-bond acceptors (Lipinski definition) is 2. The Morgan fingerprint density at radius 1 is 1.00 bits per heavy atom. The molecule has 2 aromatic carbocycles. The van der Waals surface area contributed by atoms with E-state index in [1.165, 1.54) is 0 Å². The van der Waals surface area contributed by atoms with Crippen LogP contribution in [0.4, 0.5) is 0 Å². The summed E-state index contributed by atoms with van der Waals surface area (Å²) in [6.07, 6.45) is 0. The van der Waals surface area contributed by atoms with E-state index in [0.29, 0.717) is 31.4 Å². The van der Waals surface area contributed by atoms with E-state index in [0.717, 1.165) is 5.56 Å². The molecule has 0 unspecified atom stereocenters. The second kappa shape index (κ2) is 5.81. The first-order valence-corrected chi connectivity index (χ1v) is 7.50. The summed E-state index contributed by atoms with van der Waals surface area (Å²) in [6, 6.07) is 12.5. The summed E-state index contributed by atoms with van der Waals surface area (Å²) in [5.74, 6) is 0.578. The van der Waals surface area contributed by atoms with Gasteiger partial charge in [-0.15, -0.1) is 0 Å². The molecular weight excluding hydrogens is 349 g/mol. The van der Waals surface area contributed by atoms with Crippen molar-refractivity contribution >= 4 is 47.0 Å². The number of rotatable bonds is 2. The Bertz CT molecular complexity index is 870. The molecule has 1 N–H and O–H groups in total. The molecule has 0 amide bonds. The molecule has 0 bridgehead atoms. The van der Waals surface area contributed by atoms with E-state index in [4.69, 9.17) is 47.0 Å². The van der Waals surface area contributed by atoms with E-state index in [9.17, 15) is 0 Å². The summed E-state index contributed by atoms with van der Waals surface area (Å²) in [7, 11) is 0. The van der Waals surface area contributed by atoms with Crippen molar-refractivity contribution in [2.45, 2.75) is 0 Å². The Hall–Kier alpha value is -1.33. The molecule has 0 aliphatic heterocycles. The third kappa shape index (κ3) is 2.72. The fourth-order valence-electron chi connectivity index (χ4n) is 2.00. The minimum absolute atomic E-state index is 0.411. The Kier molecular flexibility index (Phi) is 4.04. The molecular formula is C14H8Cl3N3S. The molecule has 1 heterocycles. The smallest absolute Gasteiger partial charge is 0.200 e. The van der Waals surface area contributed by atoms with Crippen LogP contribution in [0.3, 0.4) is 0 Å². The SMILES string of the molecule is S=c1[nH]nc(-c2ccccc2Cl)n1-c1cc(Cl)ccc1Cl. The number of hydrogen-bond donors (Lipinski definition) is 1. The zero-order chi connectivity index (χ0) is 15.0. The standard InChI is InChI=1S/C14H8Cl3N3S/c15-8-5-6-11(17)12(7-8)20-13(18-19-14(20)21)9-3-1-2-4-10(9)16/h1-7H,(H,19,21). The molecule has 0 saturated carbocycles. The summed E-state index contributed by atoms with van der Waals surface area (Å²) in [5.41, 5.74) is 1.40. The van der Waals surface area contributed by atoms with Crippen LogP contribution < -0.4 is 0 Å².